The molecule has 0 aliphatic carbocycles. The van der Waals surface area contributed by atoms with Gasteiger partial charge in [0.15, 0.2) is 0 Å². The SMILES string of the molecule is CC(=O)N1c2ccc(C(=O)NCCOS(C)(C)C(C)(C)C)cc2CC(C)[C@@H]1C. The zero-order valence-electron chi connectivity index (χ0n) is 18.6. The molecule has 0 aromatic heterocycles. The van der Waals surface area contributed by atoms with Gasteiger partial charge in [0.2, 0.25) is 5.91 Å². The maximum Gasteiger partial charge on any atom is 0.251 e. The average Bonchev–Trinajstić information content (AvgIpc) is 2.57. The maximum absolute atomic E-state index is 12.6. The molecule has 0 saturated carbocycles. The molecule has 0 fully saturated rings. The van der Waals surface area contributed by atoms with Gasteiger partial charge in [0.05, 0.1) is 6.61 Å². The fraction of sp³-hybridized carbons (Fsp3) is 0.636. The Bertz CT molecular complexity index is 740. The van der Waals surface area contributed by atoms with Crippen molar-refractivity contribution in [2.24, 2.45) is 5.92 Å². The largest absolute Gasteiger partial charge is 0.350 e. The van der Waals surface area contributed by atoms with Crippen LogP contribution in [0.4, 0.5) is 5.69 Å². The summed E-state index contributed by atoms with van der Waals surface area (Å²) in [5.74, 6) is 0.292. The number of carbonyl (C=O) groups is 2. The van der Waals surface area contributed by atoms with Crippen LogP contribution in [0.5, 0.6) is 0 Å². The molecule has 1 aliphatic heterocycles. The molecular weight excluding hydrogens is 372 g/mol. The molecule has 2 amide bonds. The summed E-state index contributed by atoms with van der Waals surface area (Å²) in [6, 6.07) is 5.79. The van der Waals surface area contributed by atoms with E-state index in [9.17, 15) is 9.59 Å². The predicted molar refractivity (Wildman–Crippen MR) is 119 cm³/mol. The summed E-state index contributed by atoms with van der Waals surface area (Å²) in [5.41, 5.74) is 2.61. The lowest BCUT2D eigenvalue weighted by atomic mass is 9.87. The third-order valence-electron chi connectivity index (χ3n) is 5.95. The van der Waals surface area contributed by atoms with Crippen LogP contribution in [0.25, 0.3) is 0 Å². The van der Waals surface area contributed by atoms with Crippen LogP contribution < -0.4 is 10.2 Å². The van der Waals surface area contributed by atoms with E-state index in [-0.39, 0.29) is 22.6 Å². The van der Waals surface area contributed by atoms with E-state index in [1.807, 2.05) is 17.0 Å². The number of fused-ring (bicyclic) bond motifs is 1. The Labute approximate surface area is 171 Å². The van der Waals surface area contributed by atoms with Gasteiger partial charge in [-0.2, -0.15) is 0 Å². The van der Waals surface area contributed by atoms with Crippen LogP contribution in [0, 0.1) is 5.92 Å². The number of benzene rings is 1. The predicted octanol–water partition coefficient (Wildman–Crippen LogP) is 4.14. The van der Waals surface area contributed by atoms with Crippen LogP contribution in [0.15, 0.2) is 18.2 Å². The van der Waals surface area contributed by atoms with Crippen LogP contribution >= 0.6 is 10.3 Å². The van der Waals surface area contributed by atoms with Crippen LogP contribution in [0.1, 0.15) is 57.5 Å². The molecule has 0 bridgehead atoms. The Morgan fingerprint density at radius 1 is 1.25 bits per heavy atom. The second-order valence-electron chi connectivity index (χ2n) is 9.08. The van der Waals surface area contributed by atoms with Gasteiger partial charge in [-0.25, -0.2) is 0 Å². The Kier molecular flexibility index (Phi) is 6.87. The van der Waals surface area contributed by atoms with Crippen LogP contribution in [0.3, 0.4) is 0 Å². The molecule has 1 aromatic carbocycles. The van der Waals surface area contributed by atoms with Crippen molar-refractivity contribution >= 4 is 27.8 Å². The molecule has 1 aliphatic rings. The van der Waals surface area contributed by atoms with Gasteiger partial charge >= 0.3 is 0 Å². The molecule has 0 spiro atoms. The summed E-state index contributed by atoms with van der Waals surface area (Å²) in [4.78, 5) is 26.5. The summed E-state index contributed by atoms with van der Waals surface area (Å²) in [6.45, 7) is 13.3. The molecule has 2 rings (SSSR count). The van der Waals surface area contributed by atoms with Gasteiger partial charge in [-0.15, -0.1) is 10.3 Å². The lowest BCUT2D eigenvalue weighted by molar-refractivity contribution is -0.117. The van der Waals surface area contributed by atoms with Crippen LogP contribution in [-0.4, -0.2) is 48.3 Å². The Morgan fingerprint density at radius 3 is 2.46 bits per heavy atom. The molecule has 28 heavy (non-hydrogen) atoms. The minimum atomic E-state index is -1.19. The second kappa shape index (κ2) is 8.46. The van der Waals surface area contributed by atoms with E-state index < -0.39 is 10.3 Å². The number of carbonyl (C=O) groups excluding carboxylic acids is 2. The highest BCUT2D eigenvalue weighted by Crippen LogP contribution is 2.53. The monoisotopic (exact) mass is 408 g/mol. The standard InChI is InChI=1S/C22H36N2O3S/c1-15-13-19-14-18(9-10-20(19)24(16(15)2)17(3)25)21(26)23-11-12-27-28(7,8)22(4,5)6/h9-10,14-16H,11-13H2,1-8H3,(H,23,26)/t15?,16-/m0/s1. The summed E-state index contributed by atoms with van der Waals surface area (Å²) < 4.78 is 6.16. The normalized spacial score (nSPS) is 20.5. The van der Waals surface area contributed by atoms with E-state index in [2.05, 4.69) is 52.4 Å². The molecule has 1 unspecified atom stereocenters. The number of hydrogen-bond acceptors (Lipinski definition) is 3. The van der Waals surface area contributed by atoms with Gasteiger partial charge in [0.25, 0.3) is 5.91 Å². The average molecular weight is 409 g/mol. The van der Waals surface area contributed by atoms with Gasteiger partial charge in [0, 0.05) is 35.5 Å². The molecule has 2 atom stereocenters. The molecule has 1 aromatic rings. The molecular formula is C22H36N2O3S. The number of hydrogen-bond donors (Lipinski definition) is 1. The molecule has 0 saturated heterocycles. The number of nitrogens with one attached hydrogen (secondary N) is 1. The van der Waals surface area contributed by atoms with E-state index in [1.165, 1.54) is 0 Å². The zero-order chi connectivity index (χ0) is 21.3. The smallest absolute Gasteiger partial charge is 0.251 e. The fourth-order valence-electron chi connectivity index (χ4n) is 3.27. The number of rotatable bonds is 5. The van der Waals surface area contributed by atoms with Crippen LogP contribution in [-0.2, 0) is 15.4 Å². The highest BCUT2D eigenvalue weighted by Gasteiger charge is 2.31. The summed E-state index contributed by atoms with van der Waals surface area (Å²) >= 11 is 0. The van der Waals surface area contributed by atoms with E-state index in [0.29, 0.717) is 24.6 Å². The van der Waals surface area contributed by atoms with Crippen molar-refractivity contribution in [3.63, 3.8) is 0 Å². The molecule has 1 N–H and O–H groups in total. The van der Waals surface area contributed by atoms with Crippen molar-refractivity contribution in [2.75, 3.05) is 30.6 Å². The summed E-state index contributed by atoms with van der Waals surface area (Å²) in [6.07, 6.45) is 5.18. The molecule has 0 radical (unpaired) electrons. The number of amides is 2. The summed E-state index contributed by atoms with van der Waals surface area (Å²) in [7, 11) is -1.19. The number of anilines is 1. The third-order valence-corrected chi connectivity index (χ3v) is 9.66. The highest BCUT2D eigenvalue weighted by atomic mass is 32.3. The lowest BCUT2D eigenvalue weighted by Crippen LogP contribution is -2.45. The van der Waals surface area contributed by atoms with Gasteiger partial charge in [-0.05, 0) is 55.5 Å². The van der Waals surface area contributed by atoms with E-state index >= 15 is 0 Å². The molecule has 158 valence electrons. The van der Waals surface area contributed by atoms with Crippen LogP contribution in [0.2, 0.25) is 0 Å². The third kappa shape index (κ3) is 4.90. The fourth-order valence-corrected chi connectivity index (χ4v) is 4.12. The first kappa shape index (κ1) is 22.8. The van der Waals surface area contributed by atoms with E-state index in [0.717, 1.165) is 17.7 Å². The lowest BCUT2D eigenvalue weighted by Gasteiger charge is -2.43. The Hall–Kier alpha value is -1.53. The first-order chi connectivity index (χ1) is 12.8. The quantitative estimate of drug-likeness (QED) is 0.745. The van der Waals surface area contributed by atoms with E-state index in [4.69, 9.17) is 4.18 Å². The maximum atomic E-state index is 12.6. The van der Waals surface area contributed by atoms with Gasteiger partial charge in [-0.1, -0.05) is 27.7 Å². The first-order valence-corrected chi connectivity index (χ1v) is 12.3. The van der Waals surface area contributed by atoms with Gasteiger partial charge in [0.1, 0.15) is 0 Å². The molecule has 6 heteroatoms. The first-order valence-electron chi connectivity index (χ1n) is 9.93. The topological polar surface area (TPSA) is 58.6 Å². The highest BCUT2D eigenvalue weighted by molar-refractivity contribution is 8.29. The van der Waals surface area contributed by atoms with Gasteiger partial charge in [-0.3, -0.25) is 9.59 Å². The minimum Gasteiger partial charge on any atom is -0.350 e. The molecule has 1 heterocycles. The molecule has 5 nitrogen and oxygen atoms in total. The van der Waals surface area contributed by atoms with Crippen molar-refractivity contribution < 1.29 is 13.8 Å². The minimum absolute atomic E-state index is 0.0404. The van der Waals surface area contributed by atoms with Crippen molar-refractivity contribution in [2.45, 2.75) is 58.8 Å². The van der Waals surface area contributed by atoms with E-state index in [1.54, 1.807) is 13.0 Å². The summed E-state index contributed by atoms with van der Waals surface area (Å²) in [5, 5.41) is 2.95. The van der Waals surface area contributed by atoms with Crippen molar-refractivity contribution in [1.82, 2.24) is 5.32 Å². The van der Waals surface area contributed by atoms with Crippen molar-refractivity contribution in [3.8, 4) is 0 Å². The van der Waals surface area contributed by atoms with Crippen molar-refractivity contribution in [1.29, 1.82) is 0 Å². The number of nitrogens with zero attached hydrogens (tertiary/aromatic N) is 1. The second-order valence-corrected chi connectivity index (χ2v) is 13.0. The van der Waals surface area contributed by atoms with Crippen molar-refractivity contribution in [3.05, 3.63) is 29.3 Å². The zero-order valence-corrected chi connectivity index (χ0v) is 19.4. The van der Waals surface area contributed by atoms with Gasteiger partial charge < -0.3 is 14.4 Å². The Balaban J connectivity index is 2.02. The Morgan fingerprint density at radius 2 is 1.89 bits per heavy atom.